The molecule has 0 N–H and O–H groups in total. The zero-order valence-corrected chi connectivity index (χ0v) is 11.5. The monoisotopic (exact) mass is 299 g/mol. The normalized spacial score (nSPS) is 12.4. The Hall–Kier alpha value is -2.01. The Bertz CT molecular complexity index is 660. The van der Waals surface area contributed by atoms with Crippen LogP contribution < -0.4 is 5.56 Å². The van der Waals surface area contributed by atoms with E-state index >= 15 is 0 Å². The summed E-state index contributed by atoms with van der Waals surface area (Å²) in [4.78, 5) is 22.8. The van der Waals surface area contributed by atoms with Crippen LogP contribution in [0.3, 0.4) is 0 Å². The average molecular weight is 300 g/mol. The van der Waals surface area contributed by atoms with Crippen LogP contribution in [0.4, 0.5) is 8.78 Å². The lowest BCUT2D eigenvalue weighted by Gasteiger charge is -2.12. The Morgan fingerprint density at radius 2 is 2.15 bits per heavy atom. The third-order valence-electron chi connectivity index (χ3n) is 2.51. The molecule has 1 aromatic rings. The highest BCUT2D eigenvalue weighted by atomic mass is 35.5. The van der Waals surface area contributed by atoms with Gasteiger partial charge in [-0.25, -0.2) is 8.78 Å². The summed E-state index contributed by atoms with van der Waals surface area (Å²) < 4.78 is 28.7. The number of aldehydes is 1. The van der Waals surface area contributed by atoms with Crippen molar-refractivity contribution in [2.45, 2.75) is 13.5 Å². The maximum atomic E-state index is 14.1. The highest BCUT2D eigenvalue weighted by Crippen LogP contribution is 2.25. The van der Waals surface area contributed by atoms with Gasteiger partial charge in [-0.15, -0.1) is 0 Å². The Balaban J connectivity index is 3.70. The average Bonchev–Trinajstić information content (AvgIpc) is 2.45. The Morgan fingerprint density at radius 3 is 2.65 bits per heavy atom. The molecule has 0 spiro atoms. The van der Waals surface area contributed by atoms with E-state index in [1.807, 2.05) is 0 Å². The van der Waals surface area contributed by atoms with E-state index in [1.54, 1.807) is 6.92 Å². The van der Waals surface area contributed by atoms with E-state index < -0.39 is 22.9 Å². The predicted octanol–water partition coefficient (Wildman–Crippen LogP) is 3.68. The molecule has 1 heterocycles. The second-order valence-corrected chi connectivity index (χ2v) is 4.13. The SMILES string of the molecule is C=C/C=C\C(F)=C(/F)c1c(C=O)cc(Cl)c(=O)n1CC. The van der Waals surface area contributed by atoms with Gasteiger partial charge in [0.25, 0.3) is 5.56 Å². The molecule has 0 atom stereocenters. The molecule has 106 valence electrons. The maximum absolute atomic E-state index is 14.1. The largest absolute Gasteiger partial charge is 0.304 e. The maximum Gasteiger partial charge on any atom is 0.269 e. The molecule has 0 saturated heterocycles. The fraction of sp³-hybridized carbons (Fsp3) is 0.143. The van der Waals surface area contributed by atoms with E-state index in [0.717, 1.165) is 16.7 Å². The summed E-state index contributed by atoms with van der Waals surface area (Å²) >= 11 is 5.66. The van der Waals surface area contributed by atoms with Crippen LogP contribution in [-0.4, -0.2) is 10.9 Å². The minimum atomic E-state index is -1.30. The fourth-order valence-electron chi connectivity index (χ4n) is 1.63. The Kier molecular flexibility index (Phi) is 5.58. The fourth-order valence-corrected chi connectivity index (χ4v) is 1.85. The van der Waals surface area contributed by atoms with E-state index in [2.05, 4.69) is 6.58 Å². The van der Waals surface area contributed by atoms with Crippen LogP contribution in [0.25, 0.3) is 5.83 Å². The van der Waals surface area contributed by atoms with Gasteiger partial charge in [-0.3, -0.25) is 9.59 Å². The summed E-state index contributed by atoms with van der Waals surface area (Å²) in [5, 5.41) is -0.229. The van der Waals surface area contributed by atoms with Gasteiger partial charge in [0.2, 0.25) is 0 Å². The van der Waals surface area contributed by atoms with Crippen molar-refractivity contribution in [2.24, 2.45) is 0 Å². The lowest BCUT2D eigenvalue weighted by atomic mass is 10.1. The van der Waals surface area contributed by atoms with E-state index in [4.69, 9.17) is 11.6 Å². The van der Waals surface area contributed by atoms with Crippen molar-refractivity contribution in [3.05, 3.63) is 63.3 Å². The van der Waals surface area contributed by atoms with Crippen LogP contribution >= 0.6 is 11.6 Å². The van der Waals surface area contributed by atoms with Gasteiger partial charge in [0.15, 0.2) is 17.9 Å². The highest BCUT2D eigenvalue weighted by molar-refractivity contribution is 6.30. The number of aromatic nitrogens is 1. The first-order chi connectivity index (χ1) is 9.47. The molecule has 0 fully saturated rings. The first-order valence-electron chi connectivity index (χ1n) is 5.71. The molecule has 0 aromatic carbocycles. The van der Waals surface area contributed by atoms with Crippen molar-refractivity contribution in [1.29, 1.82) is 0 Å². The van der Waals surface area contributed by atoms with Crippen molar-refractivity contribution < 1.29 is 13.6 Å². The van der Waals surface area contributed by atoms with Gasteiger partial charge in [0.1, 0.15) is 5.02 Å². The molecule has 1 rings (SSSR count). The van der Waals surface area contributed by atoms with Crippen molar-refractivity contribution >= 4 is 23.7 Å². The highest BCUT2D eigenvalue weighted by Gasteiger charge is 2.19. The summed E-state index contributed by atoms with van der Waals surface area (Å²) in [7, 11) is 0. The first kappa shape index (κ1) is 16.0. The molecule has 0 amide bonds. The van der Waals surface area contributed by atoms with E-state index in [0.29, 0.717) is 6.29 Å². The molecular weight excluding hydrogens is 288 g/mol. The number of hydrogen-bond acceptors (Lipinski definition) is 2. The number of pyridine rings is 1. The van der Waals surface area contributed by atoms with Crippen LogP contribution in [0.1, 0.15) is 23.0 Å². The second kappa shape index (κ2) is 6.96. The quantitative estimate of drug-likeness (QED) is 0.614. The number of carbonyl (C=O) groups excluding carboxylic acids is 1. The predicted molar refractivity (Wildman–Crippen MR) is 75.2 cm³/mol. The third kappa shape index (κ3) is 3.11. The van der Waals surface area contributed by atoms with Crippen molar-refractivity contribution in [2.75, 3.05) is 0 Å². The zero-order valence-electron chi connectivity index (χ0n) is 10.7. The molecule has 0 bridgehead atoms. The summed E-state index contributed by atoms with van der Waals surface area (Å²) in [5.74, 6) is -2.52. The lowest BCUT2D eigenvalue weighted by molar-refractivity contribution is 0.112. The molecule has 1 aromatic heterocycles. The molecular formula is C14H12ClF2NO2. The second-order valence-electron chi connectivity index (χ2n) is 3.72. The Labute approximate surface area is 119 Å². The molecule has 0 aliphatic rings. The molecule has 6 heteroatoms. The standard InChI is InChI=1S/C14H12ClF2NO2/c1-3-5-6-11(16)12(17)13-9(8-19)7-10(15)14(20)18(13)4-2/h3,5-8H,1,4H2,2H3/b6-5-,12-11+. The van der Waals surface area contributed by atoms with Gasteiger partial charge < -0.3 is 4.57 Å². The number of rotatable bonds is 5. The topological polar surface area (TPSA) is 39.1 Å². The minimum absolute atomic E-state index is 0.0431. The number of nitrogens with zero attached hydrogens (tertiary/aromatic N) is 1. The minimum Gasteiger partial charge on any atom is -0.304 e. The number of allylic oxidation sites excluding steroid dienone is 4. The molecule has 0 unspecified atom stereocenters. The van der Waals surface area contributed by atoms with Gasteiger partial charge in [0.05, 0.1) is 5.69 Å². The molecule has 3 nitrogen and oxygen atoms in total. The zero-order chi connectivity index (χ0) is 15.3. The molecule has 20 heavy (non-hydrogen) atoms. The van der Waals surface area contributed by atoms with Gasteiger partial charge >= 0.3 is 0 Å². The van der Waals surface area contributed by atoms with Crippen molar-refractivity contribution in [1.82, 2.24) is 4.57 Å². The van der Waals surface area contributed by atoms with Gasteiger partial charge in [-0.1, -0.05) is 30.3 Å². The van der Waals surface area contributed by atoms with E-state index in [-0.39, 0.29) is 17.1 Å². The first-order valence-corrected chi connectivity index (χ1v) is 6.08. The van der Waals surface area contributed by atoms with Crippen molar-refractivity contribution in [3.8, 4) is 0 Å². The van der Waals surface area contributed by atoms with Crippen LogP contribution in [0.5, 0.6) is 0 Å². The van der Waals surface area contributed by atoms with Gasteiger partial charge in [0, 0.05) is 12.1 Å². The van der Waals surface area contributed by atoms with Gasteiger partial charge in [-0.2, -0.15) is 0 Å². The summed E-state index contributed by atoms with van der Waals surface area (Å²) in [5.41, 5.74) is -1.32. The third-order valence-corrected chi connectivity index (χ3v) is 2.79. The summed E-state index contributed by atoms with van der Waals surface area (Å²) in [6.45, 7) is 4.93. The van der Waals surface area contributed by atoms with E-state index in [9.17, 15) is 18.4 Å². The molecule has 0 aliphatic carbocycles. The number of halogens is 3. The molecule has 0 saturated carbocycles. The number of carbonyl (C=O) groups is 1. The summed E-state index contributed by atoms with van der Waals surface area (Å²) in [6.07, 6.45) is 3.62. The van der Waals surface area contributed by atoms with Crippen LogP contribution in [0.2, 0.25) is 5.02 Å². The van der Waals surface area contributed by atoms with Gasteiger partial charge in [-0.05, 0) is 19.1 Å². The Morgan fingerprint density at radius 1 is 1.50 bits per heavy atom. The smallest absolute Gasteiger partial charge is 0.269 e. The molecule has 0 radical (unpaired) electrons. The number of hydrogen-bond donors (Lipinski definition) is 0. The lowest BCUT2D eigenvalue weighted by Crippen LogP contribution is -2.24. The summed E-state index contributed by atoms with van der Waals surface area (Å²) in [6, 6.07) is 1.02. The van der Waals surface area contributed by atoms with Crippen LogP contribution in [-0.2, 0) is 6.54 Å². The van der Waals surface area contributed by atoms with E-state index in [1.165, 1.54) is 12.2 Å². The molecule has 0 aliphatic heterocycles. The van der Waals surface area contributed by atoms with Crippen LogP contribution in [0, 0.1) is 0 Å². The van der Waals surface area contributed by atoms with Crippen LogP contribution in [0.15, 0.2) is 41.5 Å². The van der Waals surface area contributed by atoms with Crippen molar-refractivity contribution in [3.63, 3.8) is 0 Å².